The Morgan fingerprint density at radius 3 is 2.52 bits per heavy atom. The Morgan fingerprint density at radius 1 is 0.970 bits per heavy atom. The molecule has 0 bridgehead atoms. The average molecular weight is 444 g/mol. The number of likely N-dealkylation sites (tertiary alicyclic amines) is 1. The van der Waals surface area contributed by atoms with Crippen molar-refractivity contribution < 1.29 is 4.79 Å². The first kappa shape index (κ1) is 20.5. The van der Waals surface area contributed by atoms with E-state index in [1.54, 1.807) is 12.4 Å². The van der Waals surface area contributed by atoms with Gasteiger partial charge in [-0.2, -0.15) is 0 Å². The lowest BCUT2D eigenvalue weighted by Crippen LogP contribution is -2.42. The molecule has 0 saturated carbocycles. The van der Waals surface area contributed by atoms with Gasteiger partial charge < -0.3 is 15.1 Å². The zero-order valence-electron chi connectivity index (χ0n) is 18.8. The molecule has 33 heavy (non-hydrogen) atoms. The number of pyridine rings is 2. The number of piperidine rings is 1. The van der Waals surface area contributed by atoms with Crippen molar-refractivity contribution in [1.82, 2.24) is 30.2 Å². The molecule has 3 aliphatic heterocycles. The topological polar surface area (TPSA) is 87.1 Å². The van der Waals surface area contributed by atoms with Gasteiger partial charge in [-0.1, -0.05) is 0 Å². The van der Waals surface area contributed by atoms with E-state index in [4.69, 9.17) is 9.97 Å². The van der Waals surface area contributed by atoms with Crippen LogP contribution < -0.4 is 10.2 Å². The van der Waals surface area contributed by atoms with Crippen molar-refractivity contribution in [3.63, 3.8) is 0 Å². The summed E-state index contributed by atoms with van der Waals surface area (Å²) in [5, 5.41) is 4.59. The molecule has 6 heterocycles. The number of carbonyl (C=O) groups excluding carboxylic acids is 1. The maximum atomic E-state index is 12.9. The first-order valence-corrected chi connectivity index (χ1v) is 12.0. The number of nitrogens with one attached hydrogen (secondary N) is 1. The van der Waals surface area contributed by atoms with Crippen LogP contribution in [0.5, 0.6) is 0 Å². The fourth-order valence-corrected chi connectivity index (χ4v) is 5.66. The third-order valence-corrected chi connectivity index (χ3v) is 7.62. The van der Waals surface area contributed by atoms with Crippen molar-refractivity contribution in [3.05, 3.63) is 43.0 Å². The SMILES string of the molecule is O=C(C1CC2(CCN(c3nc(-c4ccncc4)nc4cnccc34)CC2)CN1)N1CCCC1. The summed E-state index contributed by atoms with van der Waals surface area (Å²) < 4.78 is 0. The van der Waals surface area contributed by atoms with Gasteiger partial charge in [0.2, 0.25) is 5.91 Å². The van der Waals surface area contributed by atoms with Crippen LogP contribution in [0.4, 0.5) is 5.82 Å². The Bertz CT molecular complexity index is 1150. The quantitative estimate of drug-likeness (QED) is 0.666. The number of aromatic nitrogens is 4. The molecule has 3 aromatic heterocycles. The van der Waals surface area contributed by atoms with E-state index in [0.29, 0.717) is 11.7 Å². The van der Waals surface area contributed by atoms with E-state index in [9.17, 15) is 4.79 Å². The number of amides is 1. The van der Waals surface area contributed by atoms with E-state index in [2.05, 4.69) is 20.2 Å². The Labute approximate surface area is 193 Å². The maximum absolute atomic E-state index is 12.9. The highest BCUT2D eigenvalue weighted by Crippen LogP contribution is 2.41. The van der Waals surface area contributed by atoms with Crippen LogP contribution in [0.2, 0.25) is 0 Å². The number of hydrogen-bond acceptors (Lipinski definition) is 7. The lowest BCUT2D eigenvalue weighted by Gasteiger charge is -2.40. The molecule has 1 atom stereocenters. The molecule has 6 rings (SSSR count). The minimum absolute atomic E-state index is 0.0149. The molecule has 0 aliphatic carbocycles. The van der Waals surface area contributed by atoms with Gasteiger partial charge in [0.25, 0.3) is 0 Å². The number of fused-ring (bicyclic) bond motifs is 1. The van der Waals surface area contributed by atoms with Gasteiger partial charge in [-0.25, -0.2) is 9.97 Å². The largest absolute Gasteiger partial charge is 0.356 e. The van der Waals surface area contributed by atoms with Gasteiger partial charge >= 0.3 is 0 Å². The van der Waals surface area contributed by atoms with Crippen LogP contribution >= 0.6 is 0 Å². The summed E-state index contributed by atoms with van der Waals surface area (Å²) in [5.41, 5.74) is 2.01. The molecule has 1 amide bonds. The van der Waals surface area contributed by atoms with Crippen molar-refractivity contribution in [1.29, 1.82) is 0 Å². The van der Waals surface area contributed by atoms with Gasteiger partial charge in [0.05, 0.1) is 17.8 Å². The summed E-state index contributed by atoms with van der Waals surface area (Å²) in [6, 6.07) is 5.87. The molecule has 3 saturated heterocycles. The summed E-state index contributed by atoms with van der Waals surface area (Å²) in [6.45, 7) is 4.63. The van der Waals surface area contributed by atoms with Crippen molar-refractivity contribution in [3.8, 4) is 11.4 Å². The Morgan fingerprint density at radius 2 is 1.73 bits per heavy atom. The Hall–Kier alpha value is -3.13. The lowest BCUT2D eigenvalue weighted by molar-refractivity contribution is -0.132. The summed E-state index contributed by atoms with van der Waals surface area (Å²) in [6.07, 6.45) is 12.5. The van der Waals surface area contributed by atoms with E-state index >= 15 is 0 Å². The lowest BCUT2D eigenvalue weighted by atomic mass is 9.76. The molecule has 1 spiro atoms. The van der Waals surface area contributed by atoms with Gasteiger partial charge in [0.15, 0.2) is 5.82 Å². The van der Waals surface area contributed by atoms with E-state index in [1.165, 1.54) is 0 Å². The zero-order valence-corrected chi connectivity index (χ0v) is 18.8. The number of hydrogen-bond donors (Lipinski definition) is 1. The van der Waals surface area contributed by atoms with Crippen LogP contribution in [-0.4, -0.2) is 69.5 Å². The minimum Gasteiger partial charge on any atom is -0.356 e. The van der Waals surface area contributed by atoms with Gasteiger partial charge in [-0.3, -0.25) is 14.8 Å². The Kier molecular flexibility index (Phi) is 5.17. The first-order valence-electron chi connectivity index (χ1n) is 12.0. The molecular formula is C25H29N7O. The monoisotopic (exact) mass is 443 g/mol. The van der Waals surface area contributed by atoms with Crippen LogP contribution in [0, 0.1) is 5.41 Å². The highest BCUT2D eigenvalue weighted by molar-refractivity contribution is 5.90. The average Bonchev–Trinajstić information content (AvgIpc) is 3.55. The molecule has 8 nitrogen and oxygen atoms in total. The van der Waals surface area contributed by atoms with Crippen LogP contribution in [0.15, 0.2) is 43.0 Å². The molecular weight excluding hydrogens is 414 g/mol. The second-order valence-electron chi connectivity index (χ2n) is 9.66. The molecule has 0 radical (unpaired) electrons. The van der Waals surface area contributed by atoms with E-state index in [0.717, 1.165) is 87.1 Å². The minimum atomic E-state index is -0.0149. The highest BCUT2D eigenvalue weighted by Gasteiger charge is 2.45. The van der Waals surface area contributed by atoms with E-state index in [-0.39, 0.29) is 11.5 Å². The molecule has 3 aliphatic rings. The predicted molar refractivity (Wildman–Crippen MR) is 127 cm³/mol. The van der Waals surface area contributed by atoms with E-state index < -0.39 is 0 Å². The van der Waals surface area contributed by atoms with Crippen molar-refractivity contribution in [2.45, 2.75) is 38.1 Å². The number of rotatable bonds is 3. The molecule has 1 unspecified atom stereocenters. The number of carbonyl (C=O) groups is 1. The summed E-state index contributed by atoms with van der Waals surface area (Å²) >= 11 is 0. The normalized spacial score (nSPS) is 22.4. The van der Waals surface area contributed by atoms with Crippen LogP contribution in [-0.2, 0) is 4.79 Å². The van der Waals surface area contributed by atoms with Crippen molar-refractivity contribution >= 4 is 22.6 Å². The maximum Gasteiger partial charge on any atom is 0.239 e. The predicted octanol–water partition coefficient (Wildman–Crippen LogP) is 2.66. The third kappa shape index (κ3) is 3.82. The second kappa shape index (κ2) is 8.33. The van der Waals surface area contributed by atoms with Crippen LogP contribution in [0.1, 0.15) is 32.1 Å². The second-order valence-corrected chi connectivity index (χ2v) is 9.66. The van der Waals surface area contributed by atoms with Crippen LogP contribution in [0.25, 0.3) is 22.3 Å². The summed E-state index contributed by atoms with van der Waals surface area (Å²) in [5.74, 6) is 1.98. The van der Waals surface area contributed by atoms with E-state index in [1.807, 2.05) is 35.5 Å². The van der Waals surface area contributed by atoms with Gasteiger partial charge in [0, 0.05) is 62.3 Å². The third-order valence-electron chi connectivity index (χ3n) is 7.62. The summed E-state index contributed by atoms with van der Waals surface area (Å²) in [4.78, 5) is 35.5. The van der Waals surface area contributed by atoms with Crippen LogP contribution in [0.3, 0.4) is 0 Å². The van der Waals surface area contributed by atoms with Gasteiger partial charge in [0.1, 0.15) is 5.82 Å². The summed E-state index contributed by atoms with van der Waals surface area (Å²) in [7, 11) is 0. The standard InChI is InChI=1S/C25H29N7O/c33-24(32-11-1-2-12-32)20-15-25(17-28-20)6-13-31(14-7-25)23-19-5-10-27-16-21(19)29-22(30-23)18-3-8-26-9-4-18/h3-5,8-10,16,20,28H,1-2,6-7,11-15,17H2. The number of anilines is 1. The fraction of sp³-hybridized carbons (Fsp3) is 0.480. The molecule has 170 valence electrons. The molecule has 3 aromatic rings. The van der Waals surface area contributed by atoms with Gasteiger partial charge in [-0.15, -0.1) is 0 Å². The molecule has 3 fully saturated rings. The number of nitrogens with zero attached hydrogens (tertiary/aromatic N) is 6. The Balaban J connectivity index is 1.22. The first-order chi connectivity index (χ1) is 16.2. The molecule has 0 aromatic carbocycles. The smallest absolute Gasteiger partial charge is 0.239 e. The highest BCUT2D eigenvalue weighted by atomic mass is 16.2. The fourth-order valence-electron chi connectivity index (χ4n) is 5.66. The van der Waals surface area contributed by atoms with Crippen molar-refractivity contribution in [2.75, 3.05) is 37.6 Å². The van der Waals surface area contributed by atoms with Gasteiger partial charge in [-0.05, 0) is 55.7 Å². The molecule has 1 N–H and O–H groups in total. The molecule has 8 heteroatoms. The zero-order chi connectivity index (χ0) is 22.3. The van der Waals surface area contributed by atoms with Crippen molar-refractivity contribution in [2.24, 2.45) is 5.41 Å².